The van der Waals surface area contributed by atoms with Gasteiger partial charge in [-0.25, -0.2) is 0 Å². The van der Waals surface area contributed by atoms with Crippen molar-refractivity contribution in [2.24, 2.45) is 5.41 Å². The quantitative estimate of drug-likeness (QED) is 0.747. The Kier molecular flexibility index (Phi) is 6.15. The molecule has 0 radical (unpaired) electrons. The second-order valence-corrected chi connectivity index (χ2v) is 7.47. The summed E-state index contributed by atoms with van der Waals surface area (Å²) >= 11 is 6.13. The van der Waals surface area contributed by atoms with E-state index in [1.165, 1.54) is 6.42 Å². The third kappa shape index (κ3) is 4.50. The van der Waals surface area contributed by atoms with Crippen LogP contribution < -0.4 is 5.32 Å². The van der Waals surface area contributed by atoms with Gasteiger partial charge in [-0.05, 0) is 55.2 Å². The van der Waals surface area contributed by atoms with E-state index in [0.29, 0.717) is 35.9 Å². The average Bonchev–Trinajstić information content (AvgIpc) is 2.66. The minimum atomic E-state index is -0.0839. The highest BCUT2D eigenvalue weighted by molar-refractivity contribution is 6.32. The first-order valence-corrected chi connectivity index (χ1v) is 9.61. The van der Waals surface area contributed by atoms with Gasteiger partial charge >= 0.3 is 0 Å². The molecule has 27 heavy (non-hydrogen) atoms. The SMILES string of the molecule is CCOCC1(CNC(=O)c2cccc(-c3ccc(C#N)c(Cl)c3)c2)CCC1. The normalized spacial score (nSPS) is 14.9. The monoisotopic (exact) mass is 382 g/mol. The van der Waals surface area contributed by atoms with E-state index in [2.05, 4.69) is 11.4 Å². The molecule has 0 atom stereocenters. The summed E-state index contributed by atoms with van der Waals surface area (Å²) in [5, 5.41) is 12.5. The van der Waals surface area contributed by atoms with Crippen LogP contribution in [0.1, 0.15) is 42.1 Å². The molecule has 1 amide bonds. The van der Waals surface area contributed by atoms with Crippen LogP contribution in [0.5, 0.6) is 0 Å². The van der Waals surface area contributed by atoms with Crippen LogP contribution in [-0.4, -0.2) is 25.7 Å². The average molecular weight is 383 g/mol. The first-order chi connectivity index (χ1) is 13.1. The molecule has 2 aromatic carbocycles. The molecule has 0 bridgehead atoms. The first kappa shape index (κ1) is 19.4. The Morgan fingerprint density at radius 2 is 2.04 bits per heavy atom. The lowest BCUT2D eigenvalue weighted by atomic mass is 9.69. The van der Waals surface area contributed by atoms with Crippen LogP contribution in [0.15, 0.2) is 42.5 Å². The number of hydrogen-bond donors (Lipinski definition) is 1. The van der Waals surface area contributed by atoms with E-state index in [4.69, 9.17) is 21.6 Å². The summed E-state index contributed by atoms with van der Waals surface area (Å²) in [7, 11) is 0. The van der Waals surface area contributed by atoms with E-state index in [1.54, 1.807) is 18.2 Å². The number of nitrogens with one attached hydrogen (secondary N) is 1. The largest absolute Gasteiger partial charge is 0.381 e. The number of nitriles is 1. The maximum Gasteiger partial charge on any atom is 0.251 e. The van der Waals surface area contributed by atoms with Crippen molar-refractivity contribution in [3.63, 3.8) is 0 Å². The van der Waals surface area contributed by atoms with Gasteiger partial charge < -0.3 is 10.1 Å². The Hall–Kier alpha value is -2.35. The van der Waals surface area contributed by atoms with Crippen LogP contribution in [0.3, 0.4) is 0 Å². The first-order valence-electron chi connectivity index (χ1n) is 9.23. The van der Waals surface area contributed by atoms with E-state index >= 15 is 0 Å². The van der Waals surface area contributed by atoms with Crippen molar-refractivity contribution in [2.45, 2.75) is 26.2 Å². The van der Waals surface area contributed by atoms with Gasteiger partial charge in [0.1, 0.15) is 6.07 Å². The smallest absolute Gasteiger partial charge is 0.251 e. The Balaban J connectivity index is 1.70. The summed E-state index contributed by atoms with van der Waals surface area (Å²) in [6.45, 7) is 4.03. The zero-order valence-electron chi connectivity index (χ0n) is 15.4. The number of halogens is 1. The van der Waals surface area contributed by atoms with Gasteiger partial charge in [-0.1, -0.05) is 36.2 Å². The van der Waals surface area contributed by atoms with Gasteiger partial charge in [0.2, 0.25) is 0 Å². The van der Waals surface area contributed by atoms with E-state index < -0.39 is 0 Å². The third-order valence-corrected chi connectivity index (χ3v) is 5.51. The molecule has 2 aromatic rings. The number of rotatable bonds is 7. The predicted octanol–water partition coefficient (Wildman–Crippen LogP) is 4.82. The second kappa shape index (κ2) is 8.56. The molecule has 3 rings (SSSR count). The zero-order chi connectivity index (χ0) is 19.3. The number of benzene rings is 2. The Labute approximate surface area is 165 Å². The molecule has 0 heterocycles. The van der Waals surface area contributed by atoms with Crippen LogP contribution in [-0.2, 0) is 4.74 Å². The number of amides is 1. The van der Waals surface area contributed by atoms with Gasteiger partial charge in [-0.2, -0.15) is 5.26 Å². The van der Waals surface area contributed by atoms with Gasteiger partial charge in [0, 0.05) is 24.1 Å². The van der Waals surface area contributed by atoms with Crippen LogP contribution >= 0.6 is 11.6 Å². The molecule has 0 saturated heterocycles. The fourth-order valence-corrected chi connectivity index (χ4v) is 3.59. The van der Waals surface area contributed by atoms with Crippen molar-refractivity contribution >= 4 is 17.5 Å². The molecular weight excluding hydrogens is 360 g/mol. The lowest BCUT2D eigenvalue weighted by Gasteiger charge is -2.41. The van der Waals surface area contributed by atoms with Crippen molar-refractivity contribution in [3.8, 4) is 17.2 Å². The summed E-state index contributed by atoms with van der Waals surface area (Å²) < 4.78 is 5.60. The fraction of sp³-hybridized carbons (Fsp3) is 0.364. The molecule has 0 aromatic heterocycles. The van der Waals surface area contributed by atoms with Gasteiger partial charge in [0.15, 0.2) is 0 Å². The zero-order valence-corrected chi connectivity index (χ0v) is 16.2. The van der Waals surface area contributed by atoms with E-state index in [0.717, 1.165) is 24.0 Å². The minimum absolute atomic E-state index is 0.0839. The summed E-state index contributed by atoms with van der Waals surface area (Å²) in [4.78, 5) is 12.6. The fourth-order valence-electron chi connectivity index (χ4n) is 3.36. The van der Waals surface area contributed by atoms with Crippen LogP contribution in [0, 0.1) is 16.7 Å². The van der Waals surface area contributed by atoms with Crippen LogP contribution in [0.25, 0.3) is 11.1 Å². The second-order valence-electron chi connectivity index (χ2n) is 7.06. The van der Waals surface area contributed by atoms with E-state index in [-0.39, 0.29) is 11.3 Å². The maximum absolute atomic E-state index is 12.6. The highest BCUT2D eigenvalue weighted by Gasteiger charge is 2.37. The summed E-state index contributed by atoms with van der Waals surface area (Å²) in [6, 6.07) is 14.8. The Morgan fingerprint density at radius 3 is 2.67 bits per heavy atom. The molecule has 1 fully saturated rings. The highest BCUT2D eigenvalue weighted by atomic mass is 35.5. The number of carbonyl (C=O) groups excluding carboxylic acids is 1. The standard InChI is InChI=1S/C22H23ClN2O2/c1-2-27-15-22(9-4-10-22)14-25-21(26)18-6-3-5-16(11-18)17-7-8-19(13-24)20(23)12-17/h3,5-8,11-12H,2,4,9-10,14-15H2,1H3,(H,25,26). The predicted molar refractivity (Wildman–Crippen MR) is 107 cm³/mol. The lowest BCUT2D eigenvalue weighted by Crippen LogP contribution is -2.45. The molecule has 1 saturated carbocycles. The van der Waals surface area contributed by atoms with Crippen molar-refractivity contribution < 1.29 is 9.53 Å². The molecule has 1 aliphatic rings. The number of ether oxygens (including phenoxy) is 1. The summed E-state index contributed by atoms with van der Waals surface area (Å²) in [6.07, 6.45) is 3.38. The van der Waals surface area contributed by atoms with Crippen molar-refractivity contribution in [3.05, 3.63) is 58.6 Å². The van der Waals surface area contributed by atoms with Gasteiger partial charge in [-0.3, -0.25) is 4.79 Å². The molecular formula is C22H23ClN2O2. The van der Waals surface area contributed by atoms with E-state index in [1.807, 2.05) is 31.2 Å². The Morgan fingerprint density at radius 1 is 1.26 bits per heavy atom. The van der Waals surface area contributed by atoms with Crippen LogP contribution in [0.2, 0.25) is 5.02 Å². The van der Waals surface area contributed by atoms with Crippen molar-refractivity contribution in [1.29, 1.82) is 5.26 Å². The number of carbonyl (C=O) groups is 1. The molecule has 0 unspecified atom stereocenters. The lowest BCUT2D eigenvalue weighted by molar-refractivity contribution is -0.000182. The van der Waals surface area contributed by atoms with Crippen molar-refractivity contribution in [1.82, 2.24) is 5.32 Å². The summed E-state index contributed by atoms with van der Waals surface area (Å²) in [5.74, 6) is -0.0839. The van der Waals surface area contributed by atoms with E-state index in [9.17, 15) is 4.79 Å². The number of nitrogens with zero attached hydrogens (tertiary/aromatic N) is 1. The van der Waals surface area contributed by atoms with Gasteiger partial charge in [0.25, 0.3) is 5.91 Å². The summed E-state index contributed by atoms with van der Waals surface area (Å²) in [5.41, 5.74) is 2.90. The maximum atomic E-state index is 12.6. The van der Waals surface area contributed by atoms with Crippen LogP contribution in [0.4, 0.5) is 0 Å². The van der Waals surface area contributed by atoms with Gasteiger partial charge in [-0.15, -0.1) is 0 Å². The van der Waals surface area contributed by atoms with Gasteiger partial charge in [0.05, 0.1) is 17.2 Å². The minimum Gasteiger partial charge on any atom is -0.381 e. The molecule has 4 nitrogen and oxygen atoms in total. The molecule has 0 aliphatic heterocycles. The molecule has 5 heteroatoms. The molecule has 0 spiro atoms. The van der Waals surface area contributed by atoms with Crippen molar-refractivity contribution in [2.75, 3.05) is 19.8 Å². The topological polar surface area (TPSA) is 62.1 Å². The molecule has 1 aliphatic carbocycles. The third-order valence-electron chi connectivity index (χ3n) is 5.20. The highest BCUT2D eigenvalue weighted by Crippen LogP contribution is 2.40. The Bertz CT molecular complexity index is 869. The number of hydrogen-bond acceptors (Lipinski definition) is 3. The molecule has 1 N–H and O–H groups in total. The molecule has 140 valence electrons.